The molecule has 33 heavy (non-hydrogen) atoms. The maximum Gasteiger partial charge on any atom is 0.417 e. The van der Waals surface area contributed by atoms with Gasteiger partial charge in [-0.15, -0.1) is 0 Å². The predicted octanol–water partition coefficient (Wildman–Crippen LogP) is 2.41. The van der Waals surface area contributed by atoms with Crippen LogP contribution >= 0.6 is 0 Å². The first-order valence-electron chi connectivity index (χ1n) is 12.6. The molecule has 0 unspecified atom stereocenters. The van der Waals surface area contributed by atoms with Crippen LogP contribution in [-0.2, 0) is 19.1 Å². The number of hydrogen-bond donors (Lipinski definition) is 1. The second kappa shape index (κ2) is 12.1. The molecule has 3 aliphatic heterocycles. The van der Waals surface area contributed by atoms with E-state index in [2.05, 4.69) is 15.3 Å². The standard InChI is InChI=1S/C24H42N4O5/c1-24(2,3)33-22(30)20-9-13-27(14-10-20)28-17-15-26(16-18-28)23(31)32-21(29)6-4-5-19-7-11-25-12-8-19/h19-20,25H,4-18H2,1-3H3. The van der Waals surface area contributed by atoms with Gasteiger partial charge in [-0.1, -0.05) is 0 Å². The molecule has 1 N–H and O–H groups in total. The summed E-state index contributed by atoms with van der Waals surface area (Å²) in [5.74, 6) is 0.116. The van der Waals surface area contributed by atoms with Crippen molar-refractivity contribution in [1.82, 2.24) is 20.2 Å². The van der Waals surface area contributed by atoms with Crippen LogP contribution in [0, 0.1) is 11.8 Å². The second-order valence-electron chi connectivity index (χ2n) is 10.5. The van der Waals surface area contributed by atoms with Gasteiger partial charge in [-0.2, -0.15) is 0 Å². The van der Waals surface area contributed by atoms with Crippen molar-refractivity contribution in [3.8, 4) is 0 Å². The van der Waals surface area contributed by atoms with Gasteiger partial charge in [0.1, 0.15) is 5.60 Å². The Labute approximate surface area is 198 Å². The molecule has 9 heteroatoms. The molecule has 0 atom stereocenters. The van der Waals surface area contributed by atoms with E-state index in [1.54, 1.807) is 4.90 Å². The van der Waals surface area contributed by atoms with Gasteiger partial charge in [-0.3, -0.25) is 9.59 Å². The number of rotatable bonds is 6. The van der Waals surface area contributed by atoms with E-state index in [1.807, 2.05) is 20.8 Å². The summed E-state index contributed by atoms with van der Waals surface area (Å²) in [7, 11) is 0. The van der Waals surface area contributed by atoms with Crippen molar-refractivity contribution in [3.63, 3.8) is 0 Å². The second-order valence-corrected chi connectivity index (χ2v) is 10.5. The van der Waals surface area contributed by atoms with Crippen molar-refractivity contribution in [3.05, 3.63) is 0 Å². The van der Waals surface area contributed by atoms with E-state index in [9.17, 15) is 14.4 Å². The molecule has 1 amide bonds. The third kappa shape index (κ3) is 8.54. The Morgan fingerprint density at radius 2 is 1.48 bits per heavy atom. The molecule has 0 aromatic rings. The Hall–Kier alpha value is -1.71. The average molecular weight is 467 g/mol. The zero-order valence-electron chi connectivity index (χ0n) is 20.6. The first-order chi connectivity index (χ1) is 15.7. The summed E-state index contributed by atoms with van der Waals surface area (Å²) in [4.78, 5) is 38.4. The average Bonchev–Trinajstić information content (AvgIpc) is 2.79. The number of amides is 1. The molecule has 0 bridgehead atoms. The lowest BCUT2D eigenvalue weighted by molar-refractivity contribution is -0.164. The van der Waals surface area contributed by atoms with Crippen LogP contribution in [0.1, 0.15) is 65.7 Å². The maximum atomic E-state index is 12.4. The number of carbonyl (C=O) groups excluding carboxylic acids is 3. The van der Waals surface area contributed by atoms with Gasteiger partial charge in [0.15, 0.2) is 0 Å². The van der Waals surface area contributed by atoms with Crippen molar-refractivity contribution in [2.45, 2.75) is 71.3 Å². The number of nitrogens with zero attached hydrogens (tertiary/aromatic N) is 3. The molecular weight excluding hydrogens is 424 g/mol. The van der Waals surface area contributed by atoms with E-state index in [0.717, 1.165) is 64.7 Å². The summed E-state index contributed by atoms with van der Waals surface area (Å²) in [6, 6.07) is 0. The number of piperazine rings is 1. The van der Waals surface area contributed by atoms with Crippen LogP contribution in [0.4, 0.5) is 4.79 Å². The van der Waals surface area contributed by atoms with Crippen LogP contribution < -0.4 is 5.32 Å². The van der Waals surface area contributed by atoms with E-state index in [-0.39, 0.29) is 11.9 Å². The van der Waals surface area contributed by atoms with E-state index in [4.69, 9.17) is 9.47 Å². The summed E-state index contributed by atoms with van der Waals surface area (Å²) >= 11 is 0. The molecule has 0 spiro atoms. The molecule has 9 nitrogen and oxygen atoms in total. The first-order valence-corrected chi connectivity index (χ1v) is 12.6. The molecular formula is C24H42N4O5. The minimum atomic E-state index is -0.523. The summed E-state index contributed by atoms with van der Waals surface area (Å²) in [5.41, 5.74) is -0.451. The van der Waals surface area contributed by atoms with Crippen molar-refractivity contribution in [1.29, 1.82) is 0 Å². The van der Waals surface area contributed by atoms with E-state index in [0.29, 0.717) is 38.5 Å². The molecule has 0 aliphatic carbocycles. The van der Waals surface area contributed by atoms with E-state index in [1.165, 1.54) is 0 Å². The monoisotopic (exact) mass is 466 g/mol. The molecule has 3 heterocycles. The maximum absolute atomic E-state index is 12.4. The number of carbonyl (C=O) groups is 3. The lowest BCUT2D eigenvalue weighted by Gasteiger charge is -2.43. The van der Waals surface area contributed by atoms with Crippen LogP contribution in [0.2, 0.25) is 0 Å². The Bertz CT molecular complexity index is 658. The van der Waals surface area contributed by atoms with Crippen LogP contribution in [0.3, 0.4) is 0 Å². The largest absolute Gasteiger partial charge is 0.460 e. The lowest BCUT2D eigenvalue weighted by Crippen LogP contribution is -2.57. The van der Waals surface area contributed by atoms with Gasteiger partial charge >= 0.3 is 18.0 Å². The highest BCUT2D eigenvalue weighted by Gasteiger charge is 2.33. The molecule has 3 saturated heterocycles. The van der Waals surface area contributed by atoms with Crippen molar-refractivity contribution in [2.75, 3.05) is 52.4 Å². The SMILES string of the molecule is CC(C)(C)OC(=O)C1CCN(N2CCN(C(=O)OC(=O)CCCC3CCNCC3)CC2)CC1. The Balaban J connectivity index is 1.30. The molecule has 3 fully saturated rings. The summed E-state index contributed by atoms with van der Waals surface area (Å²) < 4.78 is 10.6. The normalized spacial score (nSPS) is 22.2. The van der Waals surface area contributed by atoms with Crippen molar-refractivity contribution in [2.24, 2.45) is 11.8 Å². The fourth-order valence-electron chi connectivity index (χ4n) is 4.85. The molecule has 3 rings (SSSR count). The highest BCUT2D eigenvalue weighted by Crippen LogP contribution is 2.23. The van der Waals surface area contributed by atoms with Gasteiger partial charge in [-0.05, 0) is 78.3 Å². The van der Waals surface area contributed by atoms with Crippen LogP contribution in [-0.4, -0.2) is 90.9 Å². The van der Waals surface area contributed by atoms with Gasteiger partial charge in [0, 0.05) is 45.7 Å². The first kappa shape index (κ1) is 25.9. The predicted molar refractivity (Wildman–Crippen MR) is 124 cm³/mol. The molecule has 0 saturated carbocycles. The minimum Gasteiger partial charge on any atom is -0.460 e. The van der Waals surface area contributed by atoms with Gasteiger partial charge < -0.3 is 19.7 Å². The van der Waals surface area contributed by atoms with Gasteiger partial charge in [-0.25, -0.2) is 14.8 Å². The topological polar surface area (TPSA) is 91.4 Å². The minimum absolute atomic E-state index is 0.0439. The number of nitrogens with one attached hydrogen (secondary N) is 1. The number of esters is 2. The van der Waals surface area contributed by atoms with Crippen LogP contribution in [0.25, 0.3) is 0 Å². The quantitative estimate of drug-likeness (QED) is 0.471. The molecule has 0 aromatic carbocycles. The summed E-state index contributed by atoms with van der Waals surface area (Å²) in [6.07, 6.45) is 5.48. The van der Waals surface area contributed by atoms with Crippen molar-refractivity contribution < 1.29 is 23.9 Å². The molecule has 0 radical (unpaired) electrons. The lowest BCUT2D eigenvalue weighted by atomic mass is 9.92. The van der Waals surface area contributed by atoms with Gasteiger partial charge in [0.25, 0.3) is 0 Å². The summed E-state index contributed by atoms with van der Waals surface area (Å²) in [5, 5.41) is 7.87. The smallest absolute Gasteiger partial charge is 0.417 e. The van der Waals surface area contributed by atoms with E-state index >= 15 is 0 Å². The van der Waals surface area contributed by atoms with Crippen molar-refractivity contribution >= 4 is 18.0 Å². The summed E-state index contributed by atoms with van der Waals surface area (Å²) in [6.45, 7) is 11.9. The third-order valence-electron chi connectivity index (χ3n) is 6.78. The van der Waals surface area contributed by atoms with E-state index < -0.39 is 17.7 Å². The fraction of sp³-hybridized carbons (Fsp3) is 0.875. The Kier molecular flexibility index (Phi) is 9.52. The number of hydrogen-bond acceptors (Lipinski definition) is 8. The molecule has 3 aliphatic rings. The zero-order valence-corrected chi connectivity index (χ0v) is 20.6. The number of hydrazine groups is 1. The van der Waals surface area contributed by atoms with Crippen LogP contribution in [0.5, 0.6) is 0 Å². The Morgan fingerprint density at radius 1 is 0.879 bits per heavy atom. The van der Waals surface area contributed by atoms with Crippen LogP contribution in [0.15, 0.2) is 0 Å². The third-order valence-corrected chi connectivity index (χ3v) is 6.78. The number of ether oxygens (including phenoxy) is 2. The number of piperidine rings is 2. The highest BCUT2D eigenvalue weighted by atomic mass is 16.6. The Morgan fingerprint density at radius 3 is 2.09 bits per heavy atom. The fourth-order valence-corrected chi connectivity index (χ4v) is 4.85. The highest BCUT2D eigenvalue weighted by molar-refractivity contribution is 5.84. The molecule has 0 aromatic heterocycles. The van der Waals surface area contributed by atoms with Gasteiger partial charge in [0.05, 0.1) is 5.92 Å². The zero-order chi connectivity index (χ0) is 23.8. The van der Waals surface area contributed by atoms with Gasteiger partial charge in [0.2, 0.25) is 0 Å². The molecule has 188 valence electrons.